The van der Waals surface area contributed by atoms with E-state index >= 15 is 0 Å². The van der Waals surface area contributed by atoms with Gasteiger partial charge in [0.2, 0.25) is 0 Å². The number of hydrogen-bond acceptors (Lipinski definition) is 4. The van der Waals surface area contributed by atoms with Crippen molar-refractivity contribution in [3.8, 4) is 0 Å². The molecule has 72 valence electrons. The van der Waals surface area contributed by atoms with E-state index < -0.39 is 7.60 Å². The van der Waals surface area contributed by atoms with Crippen LogP contribution in [0, 0.1) is 0 Å². The van der Waals surface area contributed by atoms with Crippen LogP contribution in [-0.2, 0) is 18.3 Å². The first-order valence-electron chi connectivity index (χ1n) is 2.39. The highest BCUT2D eigenvalue weighted by Gasteiger charge is 2.12. The monoisotopic (exact) mass is 186 g/mol. The van der Waals surface area contributed by atoms with E-state index in [0.717, 1.165) is 0 Å². The predicted molar refractivity (Wildman–Crippen MR) is 47.0 cm³/mol. The second-order valence-corrected chi connectivity index (χ2v) is 3.66. The molecular formula is C6H19O4P. The van der Waals surface area contributed by atoms with Gasteiger partial charge >= 0.3 is 7.60 Å². The maximum Gasteiger partial charge on any atom is 0.329 e. The lowest BCUT2D eigenvalue weighted by Gasteiger charge is -2.08. The van der Waals surface area contributed by atoms with Crippen LogP contribution in [0.3, 0.4) is 0 Å². The second kappa shape index (κ2) is 8.21. The lowest BCUT2D eigenvalue weighted by atomic mass is 11.4. The molecule has 0 aliphatic rings. The highest BCUT2D eigenvalue weighted by molar-refractivity contribution is 7.52. The molecule has 4 nitrogen and oxygen atoms in total. The first-order chi connectivity index (χ1) is 4.12. The van der Waals surface area contributed by atoms with Gasteiger partial charge in [0, 0.05) is 20.9 Å². The van der Waals surface area contributed by atoms with E-state index in [4.69, 9.17) is 0 Å². The summed E-state index contributed by atoms with van der Waals surface area (Å²) in [6, 6.07) is 0. The van der Waals surface area contributed by atoms with Crippen LogP contribution in [0.1, 0.15) is 14.9 Å². The van der Waals surface area contributed by atoms with Gasteiger partial charge in [-0.05, 0) is 0 Å². The molecule has 0 spiro atoms. The van der Waals surface area contributed by atoms with Gasteiger partial charge in [0.1, 0.15) is 0 Å². The summed E-state index contributed by atoms with van der Waals surface area (Å²) in [5, 5.41) is 0. The Kier molecular flexibility index (Phi) is 12.9. The van der Waals surface area contributed by atoms with Gasteiger partial charge in [-0.2, -0.15) is 0 Å². The molecule has 0 N–H and O–H groups in total. The van der Waals surface area contributed by atoms with Crippen molar-refractivity contribution in [2.45, 2.75) is 14.9 Å². The molecule has 0 amide bonds. The molecule has 0 saturated carbocycles. The highest BCUT2D eigenvalue weighted by atomic mass is 31.2. The average Bonchev–Trinajstić information content (AvgIpc) is 1.84. The van der Waals surface area contributed by atoms with Crippen molar-refractivity contribution >= 4 is 7.60 Å². The summed E-state index contributed by atoms with van der Waals surface area (Å²) in [4.78, 5) is 0. The van der Waals surface area contributed by atoms with Crippen molar-refractivity contribution in [2.24, 2.45) is 0 Å². The number of ether oxygens (including phenoxy) is 1. The third-order valence-electron chi connectivity index (χ3n) is 0.737. The zero-order chi connectivity index (χ0) is 7.33. The van der Waals surface area contributed by atoms with Crippen LogP contribution in [0.15, 0.2) is 0 Å². The number of methoxy groups -OCH3 is 1. The fraction of sp³-hybridized carbons (Fsp3) is 1.00. The van der Waals surface area contributed by atoms with E-state index in [0.29, 0.717) is 0 Å². The molecular weight excluding hydrogens is 167 g/mol. The standard InChI is InChI=1S/C4H11O4P.2CH4/c1-6-4-8-9(3,5)7-2;;/h4H2,1-3H3;2*1H4. The van der Waals surface area contributed by atoms with Crippen molar-refractivity contribution in [3.63, 3.8) is 0 Å². The molecule has 0 fully saturated rings. The molecule has 0 rings (SSSR count). The Labute approximate surface area is 69.4 Å². The Bertz CT molecular complexity index is 115. The van der Waals surface area contributed by atoms with E-state index in [2.05, 4.69) is 13.8 Å². The Morgan fingerprint density at radius 3 is 2.00 bits per heavy atom. The fourth-order valence-electron chi connectivity index (χ4n) is 0.201. The summed E-state index contributed by atoms with van der Waals surface area (Å²) in [6.45, 7) is 1.38. The summed E-state index contributed by atoms with van der Waals surface area (Å²) in [5.74, 6) is 0. The molecule has 5 heteroatoms. The van der Waals surface area contributed by atoms with Crippen molar-refractivity contribution in [2.75, 3.05) is 27.7 Å². The largest absolute Gasteiger partial charge is 0.358 e. The molecule has 0 aliphatic heterocycles. The van der Waals surface area contributed by atoms with Crippen LogP contribution in [0.25, 0.3) is 0 Å². The second-order valence-electron chi connectivity index (χ2n) is 1.49. The van der Waals surface area contributed by atoms with Gasteiger partial charge in [0.25, 0.3) is 0 Å². The molecule has 0 aromatic heterocycles. The normalized spacial score (nSPS) is 14.1. The molecule has 0 bridgehead atoms. The van der Waals surface area contributed by atoms with Gasteiger partial charge in [0.05, 0.1) is 0 Å². The van der Waals surface area contributed by atoms with Gasteiger partial charge in [-0.25, -0.2) is 0 Å². The molecule has 0 aliphatic carbocycles. The molecule has 0 aromatic rings. The number of hydrogen-bond donors (Lipinski definition) is 0. The molecule has 0 aromatic carbocycles. The third-order valence-corrected chi connectivity index (χ3v) is 1.97. The van der Waals surface area contributed by atoms with Crippen LogP contribution in [0.2, 0.25) is 0 Å². The van der Waals surface area contributed by atoms with Crippen LogP contribution in [-0.4, -0.2) is 27.7 Å². The number of rotatable bonds is 4. The van der Waals surface area contributed by atoms with Crippen LogP contribution < -0.4 is 0 Å². The minimum Gasteiger partial charge on any atom is -0.358 e. The Morgan fingerprint density at radius 1 is 1.27 bits per heavy atom. The van der Waals surface area contributed by atoms with E-state index in [-0.39, 0.29) is 21.6 Å². The maximum absolute atomic E-state index is 10.8. The Morgan fingerprint density at radius 2 is 1.73 bits per heavy atom. The summed E-state index contributed by atoms with van der Waals surface area (Å²) >= 11 is 0. The predicted octanol–water partition coefficient (Wildman–Crippen LogP) is 2.35. The maximum atomic E-state index is 10.8. The smallest absolute Gasteiger partial charge is 0.329 e. The zero-order valence-corrected chi connectivity index (χ0v) is 6.68. The van der Waals surface area contributed by atoms with E-state index in [1.807, 2.05) is 0 Å². The van der Waals surface area contributed by atoms with Gasteiger partial charge in [-0.1, -0.05) is 14.9 Å². The summed E-state index contributed by atoms with van der Waals surface area (Å²) in [6.07, 6.45) is 0. The highest BCUT2D eigenvalue weighted by Crippen LogP contribution is 2.42. The Balaban J connectivity index is -0.000000320. The first kappa shape index (κ1) is 17.3. The van der Waals surface area contributed by atoms with Gasteiger partial charge in [0.15, 0.2) is 6.79 Å². The fourth-order valence-corrected chi connectivity index (χ4v) is 0.603. The van der Waals surface area contributed by atoms with Crippen molar-refractivity contribution in [1.82, 2.24) is 0 Å². The van der Waals surface area contributed by atoms with Crippen LogP contribution >= 0.6 is 7.60 Å². The summed E-state index contributed by atoms with van der Waals surface area (Å²) < 4.78 is 24.5. The van der Waals surface area contributed by atoms with Crippen molar-refractivity contribution in [1.29, 1.82) is 0 Å². The van der Waals surface area contributed by atoms with Crippen molar-refractivity contribution in [3.05, 3.63) is 0 Å². The molecule has 0 saturated heterocycles. The van der Waals surface area contributed by atoms with E-state index in [1.165, 1.54) is 20.9 Å². The lowest BCUT2D eigenvalue weighted by Crippen LogP contribution is -1.94. The minimum absolute atomic E-state index is 0. The SMILES string of the molecule is C.C.COCOP(C)(=O)OC. The van der Waals surface area contributed by atoms with Gasteiger partial charge in [-0.3, -0.25) is 9.09 Å². The minimum atomic E-state index is -2.81. The first-order valence-corrected chi connectivity index (χ1v) is 4.38. The van der Waals surface area contributed by atoms with E-state index in [1.54, 1.807) is 0 Å². The molecule has 11 heavy (non-hydrogen) atoms. The quantitative estimate of drug-likeness (QED) is 0.499. The van der Waals surface area contributed by atoms with E-state index in [9.17, 15) is 4.57 Å². The summed E-state index contributed by atoms with van der Waals surface area (Å²) in [7, 11) is -0.0311. The topological polar surface area (TPSA) is 44.8 Å². The van der Waals surface area contributed by atoms with Gasteiger partial charge in [-0.15, -0.1) is 0 Å². The average molecular weight is 186 g/mol. The molecule has 0 heterocycles. The van der Waals surface area contributed by atoms with Crippen molar-refractivity contribution < 1.29 is 18.3 Å². The third kappa shape index (κ3) is 10.1. The van der Waals surface area contributed by atoms with Gasteiger partial charge < -0.3 is 9.26 Å². The lowest BCUT2D eigenvalue weighted by molar-refractivity contribution is 0.0411. The summed E-state index contributed by atoms with van der Waals surface area (Å²) in [5.41, 5.74) is 0. The van der Waals surface area contributed by atoms with Crippen LogP contribution in [0.4, 0.5) is 0 Å². The molecule has 1 unspecified atom stereocenters. The molecule has 0 radical (unpaired) electrons. The molecule has 1 atom stereocenters. The Hall–Kier alpha value is 0.110. The zero-order valence-electron chi connectivity index (χ0n) is 5.79. The van der Waals surface area contributed by atoms with Crippen LogP contribution in [0.5, 0.6) is 0 Å².